The number of anilines is 1. The summed E-state index contributed by atoms with van der Waals surface area (Å²) in [6, 6.07) is 5.06. The van der Waals surface area contributed by atoms with Crippen LogP contribution >= 0.6 is 0 Å². The number of aryl methyl sites for hydroxylation is 1. The van der Waals surface area contributed by atoms with Gasteiger partial charge in [-0.2, -0.15) is 0 Å². The lowest BCUT2D eigenvalue weighted by Crippen LogP contribution is -2.45. The number of carboxylic acids is 1. The molecule has 0 unspecified atom stereocenters. The van der Waals surface area contributed by atoms with Crippen LogP contribution in [0.1, 0.15) is 46.1 Å². The minimum absolute atomic E-state index is 0.00757. The van der Waals surface area contributed by atoms with Crippen LogP contribution in [0.15, 0.2) is 18.2 Å². The molecule has 1 rings (SSSR count). The first-order chi connectivity index (χ1) is 10.6. The Balaban J connectivity index is 2.63. The van der Waals surface area contributed by atoms with Gasteiger partial charge in [0.1, 0.15) is 5.75 Å². The lowest BCUT2D eigenvalue weighted by molar-refractivity contribution is -0.137. The van der Waals surface area contributed by atoms with Crippen molar-refractivity contribution in [1.82, 2.24) is 5.32 Å². The number of carbonyl (C=O) groups excluding carboxylic acids is 1. The number of hydrogen-bond acceptors (Lipinski definition) is 3. The van der Waals surface area contributed by atoms with E-state index in [9.17, 15) is 9.59 Å². The van der Waals surface area contributed by atoms with Crippen LogP contribution in [0.4, 0.5) is 10.5 Å². The quantitative estimate of drug-likeness (QED) is 0.716. The van der Waals surface area contributed by atoms with Crippen molar-refractivity contribution in [3.8, 4) is 5.75 Å². The lowest BCUT2D eigenvalue weighted by Gasteiger charge is -2.25. The van der Waals surface area contributed by atoms with Crippen LogP contribution < -0.4 is 15.4 Å². The summed E-state index contributed by atoms with van der Waals surface area (Å²) in [5, 5.41) is 14.3. The van der Waals surface area contributed by atoms with E-state index in [0.29, 0.717) is 12.1 Å². The summed E-state index contributed by atoms with van der Waals surface area (Å²) < 4.78 is 5.66. The van der Waals surface area contributed by atoms with Crippen LogP contribution in [0, 0.1) is 6.92 Å². The summed E-state index contributed by atoms with van der Waals surface area (Å²) in [5.41, 5.74) is 0.991. The molecule has 0 saturated carbocycles. The summed E-state index contributed by atoms with van der Waals surface area (Å²) >= 11 is 0. The van der Waals surface area contributed by atoms with E-state index in [1.807, 2.05) is 32.9 Å². The van der Waals surface area contributed by atoms with E-state index in [4.69, 9.17) is 9.84 Å². The molecule has 23 heavy (non-hydrogen) atoms. The van der Waals surface area contributed by atoms with Gasteiger partial charge in [-0.25, -0.2) is 4.79 Å². The van der Waals surface area contributed by atoms with E-state index < -0.39 is 11.5 Å². The van der Waals surface area contributed by atoms with Crippen molar-refractivity contribution in [2.45, 2.75) is 59.1 Å². The number of urea groups is 1. The fourth-order valence-corrected chi connectivity index (χ4v) is 2.06. The van der Waals surface area contributed by atoms with Crippen molar-refractivity contribution in [2.24, 2.45) is 0 Å². The van der Waals surface area contributed by atoms with E-state index in [1.165, 1.54) is 0 Å². The molecule has 6 heteroatoms. The number of benzene rings is 1. The minimum Gasteiger partial charge on any atom is -0.491 e. The third kappa shape index (κ3) is 7.04. The Morgan fingerprint density at radius 3 is 2.48 bits per heavy atom. The Kier molecular flexibility index (Phi) is 6.42. The van der Waals surface area contributed by atoms with E-state index in [-0.39, 0.29) is 18.6 Å². The Labute approximate surface area is 137 Å². The zero-order chi connectivity index (χ0) is 17.6. The van der Waals surface area contributed by atoms with Gasteiger partial charge in [0.05, 0.1) is 6.10 Å². The summed E-state index contributed by atoms with van der Waals surface area (Å²) in [7, 11) is 0. The van der Waals surface area contributed by atoms with Gasteiger partial charge in [0.2, 0.25) is 0 Å². The van der Waals surface area contributed by atoms with Crippen molar-refractivity contribution in [1.29, 1.82) is 0 Å². The molecule has 1 aromatic carbocycles. The van der Waals surface area contributed by atoms with Gasteiger partial charge in [-0.3, -0.25) is 4.79 Å². The molecule has 0 radical (unpaired) electrons. The molecule has 0 aromatic heterocycles. The number of ether oxygens (including phenoxy) is 1. The highest BCUT2D eigenvalue weighted by atomic mass is 16.5. The predicted octanol–water partition coefficient (Wildman–Crippen LogP) is 3.55. The molecular weight excluding hydrogens is 296 g/mol. The molecule has 0 bridgehead atoms. The Hall–Kier alpha value is -2.24. The maximum Gasteiger partial charge on any atom is 0.319 e. The average Bonchev–Trinajstić information content (AvgIpc) is 2.38. The first-order valence-electron chi connectivity index (χ1n) is 7.67. The molecular formula is C17H26N2O4. The van der Waals surface area contributed by atoms with Gasteiger partial charge in [-0.1, -0.05) is 0 Å². The van der Waals surface area contributed by atoms with Crippen molar-refractivity contribution < 1.29 is 19.4 Å². The number of nitrogens with one attached hydrogen (secondary N) is 2. The zero-order valence-electron chi connectivity index (χ0n) is 14.4. The molecule has 0 saturated heterocycles. The van der Waals surface area contributed by atoms with Crippen LogP contribution in [0.5, 0.6) is 5.75 Å². The standard InChI is InChI=1S/C17H26N2O4/c1-11(2)23-14-7-6-13(10-12(14)3)18-16(22)19-17(4,5)9-8-15(20)21/h6-7,10-11H,8-9H2,1-5H3,(H,20,21)(H2,18,19,22). The largest absolute Gasteiger partial charge is 0.491 e. The number of amides is 2. The number of hydrogen-bond donors (Lipinski definition) is 3. The predicted molar refractivity (Wildman–Crippen MR) is 90.0 cm³/mol. The molecule has 0 atom stereocenters. The second-order valence-electron chi connectivity index (χ2n) is 6.50. The highest BCUT2D eigenvalue weighted by Gasteiger charge is 2.21. The second-order valence-corrected chi connectivity index (χ2v) is 6.50. The van der Waals surface area contributed by atoms with Crippen molar-refractivity contribution in [3.63, 3.8) is 0 Å². The van der Waals surface area contributed by atoms with Crippen LogP contribution in [0.25, 0.3) is 0 Å². The van der Waals surface area contributed by atoms with Gasteiger partial charge in [0.15, 0.2) is 0 Å². The Morgan fingerprint density at radius 1 is 1.30 bits per heavy atom. The maximum absolute atomic E-state index is 12.0. The molecule has 0 aliphatic carbocycles. The smallest absolute Gasteiger partial charge is 0.319 e. The van der Waals surface area contributed by atoms with Gasteiger partial charge < -0.3 is 20.5 Å². The topological polar surface area (TPSA) is 87.7 Å². The Bertz CT molecular complexity index is 568. The summed E-state index contributed by atoms with van der Waals surface area (Å²) in [5.74, 6) is -0.0932. The van der Waals surface area contributed by atoms with Crippen molar-refractivity contribution >= 4 is 17.7 Å². The minimum atomic E-state index is -0.878. The molecule has 0 heterocycles. The van der Waals surface area contributed by atoms with Crippen molar-refractivity contribution in [3.05, 3.63) is 23.8 Å². The lowest BCUT2D eigenvalue weighted by atomic mass is 9.99. The van der Waals surface area contributed by atoms with E-state index in [2.05, 4.69) is 10.6 Å². The van der Waals surface area contributed by atoms with Crippen LogP contribution in [-0.4, -0.2) is 28.7 Å². The molecule has 0 fully saturated rings. The van der Waals surface area contributed by atoms with Gasteiger partial charge in [0.25, 0.3) is 0 Å². The van der Waals surface area contributed by atoms with Gasteiger partial charge in [0, 0.05) is 17.6 Å². The molecule has 128 valence electrons. The summed E-state index contributed by atoms with van der Waals surface area (Å²) in [6.07, 6.45) is 0.453. The molecule has 3 N–H and O–H groups in total. The van der Waals surface area contributed by atoms with Gasteiger partial charge in [-0.15, -0.1) is 0 Å². The fraction of sp³-hybridized carbons (Fsp3) is 0.529. The summed E-state index contributed by atoms with van der Waals surface area (Å²) in [6.45, 7) is 9.41. The summed E-state index contributed by atoms with van der Waals surface area (Å²) in [4.78, 5) is 22.7. The Morgan fingerprint density at radius 2 is 1.96 bits per heavy atom. The monoisotopic (exact) mass is 322 g/mol. The first kappa shape index (κ1) is 18.8. The van der Waals surface area contributed by atoms with Crippen LogP contribution in [0.3, 0.4) is 0 Å². The number of rotatable bonds is 7. The molecule has 0 aliphatic rings. The number of aliphatic carboxylic acids is 1. The SMILES string of the molecule is Cc1cc(NC(=O)NC(C)(C)CCC(=O)O)ccc1OC(C)C. The van der Waals surface area contributed by atoms with Gasteiger partial charge >= 0.3 is 12.0 Å². The third-order valence-corrected chi connectivity index (χ3v) is 3.21. The average molecular weight is 322 g/mol. The van der Waals surface area contributed by atoms with E-state index >= 15 is 0 Å². The van der Waals surface area contributed by atoms with E-state index in [1.54, 1.807) is 19.9 Å². The second kappa shape index (κ2) is 7.85. The molecule has 6 nitrogen and oxygen atoms in total. The van der Waals surface area contributed by atoms with Gasteiger partial charge in [-0.05, 0) is 64.8 Å². The van der Waals surface area contributed by atoms with Crippen molar-refractivity contribution in [2.75, 3.05) is 5.32 Å². The van der Waals surface area contributed by atoms with E-state index in [0.717, 1.165) is 11.3 Å². The molecule has 2 amide bonds. The normalized spacial score (nSPS) is 11.2. The number of carbonyl (C=O) groups is 2. The first-order valence-corrected chi connectivity index (χ1v) is 7.67. The third-order valence-electron chi connectivity index (χ3n) is 3.21. The number of carboxylic acid groups (broad SMARTS) is 1. The fourth-order valence-electron chi connectivity index (χ4n) is 2.06. The maximum atomic E-state index is 12.0. The zero-order valence-corrected chi connectivity index (χ0v) is 14.4. The van der Waals surface area contributed by atoms with Crippen LogP contribution in [-0.2, 0) is 4.79 Å². The highest BCUT2D eigenvalue weighted by molar-refractivity contribution is 5.90. The molecule has 0 aliphatic heterocycles. The molecule has 0 spiro atoms. The molecule has 1 aromatic rings. The highest BCUT2D eigenvalue weighted by Crippen LogP contribution is 2.23. The van der Waals surface area contributed by atoms with Crippen LogP contribution in [0.2, 0.25) is 0 Å².